The number of hydrogen-bond donors (Lipinski definition) is 0. The van der Waals surface area contributed by atoms with Crippen molar-refractivity contribution in [3.8, 4) is 0 Å². The Hall–Kier alpha value is -0.550. The van der Waals surface area contributed by atoms with E-state index in [1.807, 2.05) is 0 Å². The average molecular weight is 158 g/mol. The van der Waals surface area contributed by atoms with Crippen LogP contribution in [0.3, 0.4) is 0 Å². The predicted molar refractivity (Wildman–Crippen MR) is 39.3 cm³/mol. The summed E-state index contributed by atoms with van der Waals surface area (Å²) < 4.78 is 0. The van der Waals surface area contributed by atoms with E-state index in [2.05, 4.69) is 22.4 Å². The molecule has 0 amide bonds. The summed E-state index contributed by atoms with van der Waals surface area (Å²) in [6, 6.07) is 0. The summed E-state index contributed by atoms with van der Waals surface area (Å²) in [5.74, 6) is 0. The number of thiocarbonyl (C=S) groups is 1. The Morgan fingerprint density at radius 3 is 3.11 bits per heavy atom. The van der Waals surface area contributed by atoms with Gasteiger partial charge in [0.25, 0.3) is 0 Å². The van der Waals surface area contributed by atoms with Crippen molar-refractivity contribution in [2.75, 3.05) is 0 Å². The fraction of sp³-hybridized carbons (Fsp3) is 0.250. The topological polar surface area (TPSA) is 49.6 Å². The van der Waals surface area contributed by atoms with Gasteiger partial charge in [0.2, 0.25) is 0 Å². The van der Waals surface area contributed by atoms with Crippen molar-refractivity contribution in [2.24, 2.45) is 0 Å². The van der Waals surface area contributed by atoms with Crippen LogP contribution < -0.4 is 5.73 Å². The Labute approximate surface area is 61.9 Å². The lowest BCUT2D eigenvalue weighted by molar-refractivity contribution is 1.03. The second-order valence-corrected chi connectivity index (χ2v) is 2.84. The molecule has 1 aromatic heterocycles. The summed E-state index contributed by atoms with van der Waals surface area (Å²) in [6.07, 6.45) is 0.458. The van der Waals surface area contributed by atoms with Gasteiger partial charge in [-0.2, -0.15) is 0 Å². The molecule has 0 aliphatic carbocycles. The molecule has 1 rings (SSSR count). The van der Waals surface area contributed by atoms with Gasteiger partial charge in [-0.3, -0.25) is 5.73 Å². The molecule has 9 heavy (non-hydrogen) atoms. The summed E-state index contributed by atoms with van der Waals surface area (Å²) >= 11 is 5.97. The Morgan fingerprint density at radius 2 is 2.67 bits per heavy atom. The zero-order valence-electron chi connectivity index (χ0n) is 4.50. The smallest absolute Gasteiger partial charge is 0.124 e. The van der Waals surface area contributed by atoms with E-state index in [1.54, 1.807) is 5.51 Å². The number of aromatic nitrogens is 2. The van der Waals surface area contributed by atoms with Gasteiger partial charge < -0.3 is 0 Å². The molecular formula is C4H4N3S2. The second kappa shape index (κ2) is 2.84. The van der Waals surface area contributed by atoms with Crippen LogP contribution in [0.2, 0.25) is 0 Å². The third-order valence-corrected chi connectivity index (χ3v) is 1.56. The highest BCUT2D eigenvalue weighted by atomic mass is 32.1. The van der Waals surface area contributed by atoms with Crippen LogP contribution in [-0.4, -0.2) is 15.2 Å². The van der Waals surface area contributed by atoms with E-state index in [-0.39, 0.29) is 4.99 Å². The van der Waals surface area contributed by atoms with Crippen molar-refractivity contribution in [3.63, 3.8) is 0 Å². The van der Waals surface area contributed by atoms with Crippen molar-refractivity contribution >= 4 is 28.5 Å². The first-order chi connectivity index (χ1) is 4.29. The van der Waals surface area contributed by atoms with E-state index in [0.717, 1.165) is 5.01 Å². The summed E-state index contributed by atoms with van der Waals surface area (Å²) in [4.78, 5) is 0.215. The van der Waals surface area contributed by atoms with E-state index in [4.69, 9.17) is 5.73 Å². The van der Waals surface area contributed by atoms with Crippen LogP contribution in [0.1, 0.15) is 5.01 Å². The van der Waals surface area contributed by atoms with Crippen LogP contribution in [0.5, 0.6) is 0 Å². The van der Waals surface area contributed by atoms with Crippen molar-refractivity contribution < 1.29 is 0 Å². The van der Waals surface area contributed by atoms with Crippen molar-refractivity contribution in [3.05, 3.63) is 10.5 Å². The minimum Gasteiger partial charge on any atom is -0.293 e. The highest BCUT2D eigenvalue weighted by Crippen LogP contribution is 2.01. The lowest BCUT2D eigenvalue weighted by Gasteiger charge is -1.85. The van der Waals surface area contributed by atoms with E-state index < -0.39 is 0 Å². The molecule has 0 saturated heterocycles. The van der Waals surface area contributed by atoms with E-state index in [1.165, 1.54) is 11.3 Å². The van der Waals surface area contributed by atoms with Crippen LogP contribution in [0.15, 0.2) is 5.51 Å². The Kier molecular flexibility index (Phi) is 2.07. The Bertz CT molecular complexity index is 194. The molecule has 0 unspecified atom stereocenters. The van der Waals surface area contributed by atoms with Gasteiger partial charge in [0.05, 0.1) is 6.42 Å². The number of nitrogens with one attached hydrogen (secondary N) is 1. The number of nitrogens with zero attached hydrogens (tertiary/aromatic N) is 2. The predicted octanol–water partition coefficient (Wildman–Crippen LogP) is 0.691. The van der Waals surface area contributed by atoms with Crippen molar-refractivity contribution in [1.29, 1.82) is 0 Å². The number of rotatable bonds is 2. The van der Waals surface area contributed by atoms with Gasteiger partial charge in [0.1, 0.15) is 15.5 Å². The molecule has 0 saturated carbocycles. The fourth-order valence-electron chi connectivity index (χ4n) is 0.410. The van der Waals surface area contributed by atoms with Crippen LogP contribution in [0.4, 0.5) is 0 Å². The Morgan fingerprint density at radius 1 is 1.89 bits per heavy atom. The van der Waals surface area contributed by atoms with Gasteiger partial charge in [0, 0.05) is 0 Å². The third kappa shape index (κ3) is 2.03. The molecule has 0 aromatic carbocycles. The first-order valence-electron chi connectivity index (χ1n) is 2.28. The molecular weight excluding hydrogens is 154 g/mol. The van der Waals surface area contributed by atoms with E-state index >= 15 is 0 Å². The molecule has 0 atom stereocenters. The van der Waals surface area contributed by atoms with Gasteiger partial charge in [-0.05, 0) is 0 Å². The largest absolute Gasteiger partial charge is 0.293 e. The molecule has 0 aliphatic rings. The molecule has 0 bridgehead atoms. The van der Waals surface area contributed by atoms with Crippen LogP contribution in [0, 0.1) is 0 Å². The lowest BCUT2D eigenvalue weighted by atomic mass is 10.5. The standard InChI is InChI=1S/C4H4N3S2/c5-3(8)1-4-7-6-2-9-4/h2,5H,1H2. The molecule has 1 N–H and O–H groups in total. The monoisotopic (exact) mass is 158 g/mol. The molecule has 1 heterocycles. The van der Waals surface area contributed by atoms with Gasteiger partial charge in [-0.1, -0.05) is 12.2 Å². The molecule has 0 fully saturated rings. The van der Waals surface area contributed by atoms with Gasteiger partial charge in [0.15, 0.2) is 0 Å². The third-order valence-electron chi connectivity index (χ3n) is 0.717. The zero-order chi connectivity index (χ0) is 6.69. The maximum Gasteiger partial charge on any atom is 0.124 e. The average Bonchev–Trinajstić information content (AvgIpc) is 2.15. The van der Waals surface area contributed by atoms with Gasteiger partial charge in [-0.15, -0.1) is 21.5 Å². The number of hydrogen-bond acceptors (Lipinski definition) is 4. The van der Waals surface area contributed by atoms with Gasteiger partial charge >= 0.3 is 0 Å². The van der Waals surface area contributed by atoms with E-state index in [0.29, 0.717) is 6.42 Å². The SMILES string of the molecule is [NH]C(=S)Cc1nncs1. The minimum atomic E-state index is 0.215. The normalized spacial score (nSPS) is 9.33. The molecule has 0 aliphatic heterocycles. The highest BCUT2D eigenvalue weighted by molar-refractivity contribution is 7.80. The quantitative estimate of drug-likeness (QED) is 0.595. The maximum absolute atomic E-state index is 6.92. The molecule has 0 spiro atoms. The van der Waals surface area contributed by atoms with Crippen LogP contribution >= 0.6 is 23.6 Å². The fourth-order valence-corrected chi connectivity index (χ4v) is 1.18. The Balaban J connectivity index is 2.58. The zero-order valence-corrected chi connectivity index (χ0v) is 6.13. The minimum absolute atomic E-state index is 0.215. The first-order valence-corrected chi connectivity index (χ1v) is 3.57. The van der Waals surface area contributed by atoms with Crippen LogP contribution in [-0.2, 0) is 6.42 Å². The summed E-state index contributed by atoms with van der Waals surface area (Å²) in [5.41, 5.74) is 8.56. The summed E-state index contributed by atoms with van der Waals surface area (Å²) in [5, 5.41) is 8.13. The molecule has 5 heteroatoms. The lowest BCUT2D eigenvalue weighted by Crippen LogP contribution is -1.98. The highest BCUT2D eigenvalue weighted by Gasteiger charge is 1.96. The second-order valence-electron chi connectivity index (χ2n) is 1.43. The van der Waals surface area contributed by atoms with Gasteiger partial charge in [-0.25, -0.2) is 0 Å². The molecule has 47 valence electrons. The first kappa shape index (κ1) is 6.57. The summed E-state index contributed by atoms with van der Waals surface area (Å²) in [7, 11) is 0. The van der Waals surface area contributed by atoms with E-state index in [9.17, 15) is 0 Å². The maximum atomic E-state index is 6.92. The van der Waals surface area contributed by atoms with Crippen molar-refractivity contribution in [1.82, 2.24) is 15.9 Å². The van der Waals surface area contributed by atoms with Crippen molar-refractivity contribution in [2.45, 2.75) is 6.42 Å². The molecule has 1 aromatic rings. The molecule has 1 radical (unpaired) electrons. The summed E-state index contributed by atoms with van der Waals surface area (Å²) in [6.45, 7) is 0. The van der Waals surface area contributed by atoms with Crippen LogP contribution in [0.25, 0.3) is 0 Å². The molecule has 3 nitrogen and oxygen atoms in total.